The summed E-state index contributed by atoms with van der Waals surface area (Å²) in [6.07, 6.45) is 0. The number of halogens is 1. The summed E-state index contributed by atoms with van der Waals surface area (Å²) in [6, 6.07) is 18.0. The molecule has 0 saturated carbocycles. The first kappa shape index (κ1) is 24.5. The van der Waals surface area contributed by atoms with Crippen molar-refractivity contribution in [3.8, 4) is 0 Å². The van der Waals surface area contributed by atoms with E-state index in [1.165, 1.54) is 11.8 Å². The molecule has 2 aromatic rings. The molecule has 7 heteroatoms. The molecule has 136 valence electrons. The number of benzene rings is 2. The van der Waals surface area contributed by atoms with E-state index in [0.717, 1.165) is 28.6 Å². The van der Waals surface area contributed by atoms with Gasteiger partial charge in [0.15, 0.2) is 0 Å². The molecule has 2 rings (SSSR count). The molecule has 25 heavy (non-hydrogen) atoms. The van der Waals surface area contributed by atoms with Gasteiger partial charge in [-0.25, -0.2) is 0 Å². The van der Waals surface area contributed by atoms with Crippen LogP contribution in [0, 0.1) is 0 Å². The van der Waals surface area contributed by atoms with E-state index in [9.17, 15) is 9.59 Å². The molecule has 0 radical (unpaired) electrons. The Balaban J connectivity index is 0.000000391. The number of thiol groups is 3. The van der Waals surface area contributed by atoms with Gasteiger partial charge < -0.3 is 0 Å². The van der Waals surface area contributed by atoms with Gasteiger partial charge in [-0.05, 0) is 28.9 Å². The van der Waals surface area contributed by atoms with E-state index in [1.54, 1.807) is 24.3 Å². The van der Waals surface area contributed by atoms with Gasteiger partial charge in [-0.15, -0.1) is 0 Å². The highest BCUT2D eigenvalue weighted by molar-refractivity contribution is 8.14. The Bertz CT molecular complexity index is 593. The number of carbonyl (C=O) groups is 2. The van der Waals surface area contributed by atoms with E-state index >= 15 is 0 Å². The van der Waals surface area contributed by atoms with Crippen molar-refractivity contribution in [3.05, 3.63) is 71.8 Å². The fraction of sp³-hybridized carbons (Fsp3) is 0.222. The van der Waals surface area contributed by atoms with Crippen molar-refractivity contribution in [1.82, 2.24) is 0 Å². The van der Waals surface area contributed by atoms with E-state index in [4.69, 9.17) is 11.6 Å². The Morgan fingerprint density at radius 3 is 1.52 bits per heavy atom. The maximum Gasteiger partial charge on any atom is 0.252 e. The van der Waals surface area contributed by atoms with Crippen LogP contribution < -0.4 is 0 Å². The molecular weight excluding hydrogens is 412 g/mol. The second kappa shape index (κ2) is 16.9. The molecule has 2 aromatic carbocycles. The van der Waals surface area contributed by atoms with Crippen molar-refractivity contribution >= 4 is 71.6 Å². The highest BCUT2D eigenvalue weighted by Crippen LogP contribution is 2.11. The Hall–Kier alpha value is -0.530. The molecule has 0 aliphatic heterocycles. The van der Waals surface area contributed by atoms with Gasteiger partial charge in [-0.3, -0.25) is 9.59 Å². The van der Waals surface area contributed by atoms with Crippen molar-refractivity contribution < 1.29 is 9.59 Å². The summed E-state index contributed by atoms with van der Waals surface area (Å²) in [5.41, 5.74) is 1.31. The van der Waals surface area contributed by atoms with Gasteiger partial charge in [-0.2, -0.15) is 37.9 Å². The van der Waals surface area contributed by atoms with Crippen LogP contribution in [0.5, 0.6) is 0 Å². The molecule has 0 saturated heterocycles. The van der Waals surface area contributed by atoms with Crippen molar-refractivity contribution in [2.75, 3.05) is 23.0 Å². The molecule has 0 heterocycles. The molecule has 2 nitrogen and oxygen atoms in total. The first-order valence-electron chi connectivity index (χ1n) is 7.36. The van der Waals surface area contributed by atoms with Gasteiger partial charge >= 0.3 is 0 Å². The number of carbonyl (C=O) groups excluding carboxylic acids is 2. The van der Waals surface area contributed by atoms with Gasteiger partial charge in [-0.1, -0.05) is 72.4 Å². The zero-order chi connectivity index (χ0) is 18.9. The third-order valence-corrected chi connectivity index (χ3v) is 4.89. The van der Waals surface area contributed by atoms with Crippen LogP contribution in [-0.4, -0.2) is 33.4 Å². The Labute approximate surface area is 175 Å². The van der Waals surface area contributed by atoms with Crippen molar-refractivity contribution in [3.63, 3.8) is 0 Å². The highest BCUT2D eigenvalue weighted by Gasteiger charge is 2.03. The molecule has 0 amide bonds. The van der Waals surface area contributed by atoms with Gasteiger partial charge in [0.25, 0.3) is 5.24 Å². The van der Waals surface area contributed by atoms with Crippen LogP contribution >= 0.6 is 61.2 Å². The van der Waals surface area contributed by atoms with Crippen LogP contribution in [0.3, 0.4) is 0 Å². The lowest BCUT2D eigenvalue weighted by atomic mass is 10.2. The number of hydrogen-bond donors (Lipinski definition) is 3. The quantitative estimate of drug-likeness (QED) is 0.437. The van der Waals surface area contributed by atoms with Crippen molar-refractivity contribution in [2.45, 2.75) is 0 Å². The molecule has 0 bridgehead atoms. The van der Waals surface area contributed by atoms with Crippen molar-refractivity contribution in [2.24, 2.45) is 0 Å². The molecular formula is C18H21ClO2S4. The molecule has 0 aliphatic carbocycles. The standard InChI is InChI=1S/C9H10OS2.C7H5ClO.C2H6S2/c10-9(12-7-6-11)8-4-2-1-3-5-8;8-7(9)6-4-2-1-3-5-6;3-1-2-4/h1-5,11H,6-7H2;1-5H;3-4H,1-2H2. The number of thioether (sulfide) groups is 1. The van der Waals surface area contributed by atoms with Crippen molar-refractivity contribution in [1.29, 1.82) is 0 Å². The lowest BCUT2D eigenvalue weighted by molar-refractivity contribution is 0.107. The maximum atomic E-state index is 11.3. The third kappa shape index (κ3) is 13.3. The Morgan fingerprint density at radius 1 is 0.760 bits per heavy atom. The van der Waals surface area contributed by atoms with E-state index in [0.29, 0.717) is 5.56 Å². The summed E-state index contributed by atoms with van der Waals surface area (Å²) in [6.45, 7) is 0. The minimum Gasteiger partial charge on any atom is -0.282 e. The van der Waals surface area contributed by atoms with Gasteiger partial charge in [0.05, 0.1) is 0 Å². The van der Waals surface area contributed by atoms with E-state index in [1.807, 2.05) is 36.4 Å². The summed E-state index contributed by atoms with van der Waals surface area (Å²) in [5.74, 6) is 3.27. The third-order valence-electron chi connectivity index (χ3n) is 2.43. The molecule has 0 unspecified atom stereocenters. The zero-order valence-corrected chi connectivity index (χ0v) is 17.8. The van der Waals surface area contributed by atoms with Crippen LogP contribution in [0.2, 0.25) is 0 Å². The summed E-state index contributed by atoms with van der Waals surface area (Å²) in [5, 5.41) is -0.278. The molecule has 0 atom stereocenters. The minimum absolute atomic E-state index is 0.129. The smallest absolute Gasteiger partial charge is 0.252 e. The molecule has 0 aromatic heterocycles. The van der Waals surface area contributed by atoms with E-state index in [-0.39, 0.29) is 5.12 Å². The lowest BCUT2D eigenvalue weighted by Crippen LogP contribution is -1.94. The monoisotopic (exact) mass is 432 g/mol. The molecule has 0 fully saturated rings. The maximum absolute atomic E-state index is 11.3. The lowest BCUT2D eigenvalue weighted by Gasteiger charge is -1.97. The topological polar surface area (TPSA) is 34.1 Å². The second-order valence-electron chi connectivity index (χ2n) is 4.31. The first-order chi connectivity index (χ1) is 12.1. The summed E-state index contributed by atoms with van der Waals surface area (Å²) < 4.78 is 0. The first-order valence-corrected chi connectivity index (χ1v) is 10.6. The van der Waals surface area contributed by atoms with Gasteiger partial charge in [0.1, 0.15) is 0 Å². The van der Waals surface area contributed by atoms with E-state index < -0.39 is 5.24 Å². The Morgan fingerprint density at radius 2 is 1.20 bits per heavy atom. The van der Waals surface area contributed by atoms with Crippen LogP contribution in [0.4, 0.5) is 0 Å². The zero-order valence-electron chi connectivity index (χ0n) is 13.5. The summed E-state index contributed by atoms with van der Waals surface area (Å²) in [7, 11) is 0. The highest BCUT2D eigenvalue weighted by atomic mass is 35.5. The molecule has 0 aliphatic rings. The summed E-state index contributed by atoms with van der Waals surface area (Å²) >= 11 is 18.2. The van der Waals surface area contributed by atoms with E-state index in [2.05, 4.69) is 37.9 Å². The number of hydrogen-bond acceptors (Lipinski definition) is 6. The molecule has 0 spiro atoms. The van der Waals surface area contributed by atoms with Crippen LogP contribution in [-0.2, 0) is 0 Å². The predicted octanol–water partition coefficient (Wildman–Crippen LogP) is 5.40. The normalized spacial score (nSPS) is 9.12. The van der Waals surface area contributed by atoms with Crippen LogP contribution in [0.25, 0.3) is 0 Å². The Kier molecular flexibility index (Phi) is 16.6. The molecule has 0 N–H and O–H groups in total. The van der Waals surface area contributed by atoms with Gasteiger partial charge in [0, 0.05) is 16.9 Å². The second-order valence-corrected chi connectivity index (χ2v) is 7.07. The van der Waals surface area contributed by atoms with Crippen LogP contribution in [0.15, 0.2) is 60.7 Å². The summed E-state index contributed by atoms with van der Waals surface area (Å²) in [4.78, 5) is 21.7. The predicted molar refractivity (Wildman–Crippen MR) is 121 cm³/mol. The minimum atomic E-state index is -0.407. The van der Waals surface area contributed by atoms with Gasteiger partial charge in [0.2, 0.25) is 5.12 Å². The SMILES string of the molecule is O=C(Cl)c1ccccc1.O=C(SCCS)c1ccccc1.SCCS. The fourth-order valence-electron chi connectivity index (χ4n) is 1.37. The largest absolute Gasteiger partial charge is 0.282 e. The van der Waals surface area contributed by atoms with Crippen LogP contribution in [0.1, 0.15) is 20.7 Å². The fourth-order valence-corrected chi connectivity index (χ4v) is 2.34. The average Bonchev–Trinajstić information content (AvgIpc) is 2.68. The average molecular weight is 433 g/mol. The number of rotatable bonds is 5.